The van der Waals surface area contributed by atoms with Crippen molar-refractivity contribution in [1.29, 1.82) is 0 Å². The number of aromatic nitrogens is 3. The number of carbonyl (C=O) groups is 1. The van der Waals surface area contributed by atoms with Crippen molar-refractivity contribution in [2.45, 2.75) is 77.8 Å². The third kappa shape index (κ3) is 4.60. The molecule has 0 N–H and O–H groups in total. The molecule has 1 aromatic rings. The maximum absolute atomic E-state index is 12.7. The quantitative estimate of drug-likeness (QED) is 0.840. The molecule has 25 heavy (non-hydrogen) atoms. The highest BCUT2D eigenvalue weighted by atomic mass is 16.2. The van der Waals surface area contributed by atoms with E-state index in [9.17, 15) is 4.79 Å². The summed E-state index contributed by atoms with van der Waals surface area (Å²) in [6.07, 6.45) is 8.21. The summed E-state index contributed by atoms with van der Waals surface area (Å²) in [6, 6.07) is 0.747. The Kier molecular flexibility index (Phi) is 6.10. The molecule has 1 amide bonds. The van der Waals surface area contributed by atoms with Crippen molar-refractivity contribution in [3.8, 4) is 0 Å². The molecule has 2 aliphatic rings. The lowest BCUT2D eigenvalue weighted by atomic mass is 10.0. The Morgan fingerprint density at radius 3 is 2.28 bits per heavy atom. The van der Waals surface area contributed by atoms with E-state index in [-0.39, 0.29) is 11.9 Å². The topological polar surface area (TPSA) is 54.3 Å². The van der Waals surface area contributed by atoms with Gasteiger partial charge in [-0.25, -0.2) is 9.67 Å². The van der Waals surface area contributed by atoms with Crippen LogP contribution in [-0.2, 0) is 4.79 Å². The summed E-state index contributed by atoms with van der Waals surface area (Å²) in [4.78, 5) is 21.8. The number of likely N-dealkylation sites (tertiary alicyclic amines) is 2. The van der Waals surface area contributed by atoms with Crippen LogP contribution in [0.3, 0.4) is 0 Å². The third-order valence-corrected chi connectivity index (χ3v) is 5.77. The van der Waals surface area contributed by atoms with E-state index in [4.69, 9.17) is 0 Å². The molecule has 1 aromatic heterocycles. The lowest BCUT2D eigenvalue weighted by molar-refractivity contribution is -0.133. The molecule has 0 saturated carbocycles. The van der Waals surface area contributed by atoms with Gasteiger partial charge in [0, 0.05) is 25.6 Å². The number of amides is 1. The van der Waals surface area contributed by atoms with E-state index in [1.807, 2.05) is 18.5 Å². The second-order valence-electron chi connectivity index (χ2n) is 7.77. The number of carbonyl (C=O) groups excluding carboxylic acids is 1. The molecule has 2 fully saturated rings. The van der Waals surface area contributed by atoms with Crippen molar-refractivity contribution in [3.63, 3.8) is 0 Å². The highest BCUT2D eigenvalue weighted by molar-refractivity contribution is 5.76. The molecule has 140 valence electrons. The van der Waals surface area contributed by atoms with Gasteiger partial charge in [0.05, 0.1) is 6.04 Å². The van der Waals surface area contributed by atoms with E-state index in [1.165, 1.54) is 38.8 Å². The highest BCUT2D eigenvalue weighted by Crippen LogP contribution is 2.22. The number of nitrogens with zero attached hydrogens (tertiary/aromatic N) is 5. The Bertz CT molecular complexity index is 568. The summed E-state index contributed by atoms with van der Waals surface area (Å²) in [5.74, 6) is 1.92. The highest BCUT2D eigenvalue weighted by Gasteiger charge is 2.28. The van der Waals surface area contributed by atoms with E-state index in [0.717, 1.165) is 37.6 Å². The Balaban J connectivity index is 1.48. The number of aryl methyl sites for hydroxylation is 2. The molecule has 0 radical (unpaired) electrons. The van der Waals surface area contributed by atoms with Crippen LogP contribution in [0.4, 0.5) is 0 Å². The zero-order valence-electron chi connectivity index (χ0n) is 16.1. The summed E-state index contributed by atoms with van der Waals surface area (Å²) < 4.78 is 1.89. The molecule has 2 saturated heterocycles. The molecule has 2 aliphatic heterocycles. The Morgan fingerprint density at radius 2 is 1.72 bits per heavy atom. The Labute approximate surface area is 151 Å². The van der Waals surface area contributed by atoms with Crippen LogP contribution >= 0.6 is 0 Å². The van der Waals surface area contributed by atoms with Crippen LogP contribution in [0.1, 0.15) is 69.6 Å². The predicted octanol–water partition coefficient (Wildman–Crippen LogP) is 2.71. The van der Waals surface area contributed by atoms with Gasteiger partial charge < -0.3 is 9.80 Å². The van der Waals surface area contributed by atoms with Gasteiger partial charge in [0.1, 0.15) is 11.6 Å². The molecule has 1 unspecified atom stereocenters. The SMILES string of the molecule is Cc1nc(C)n(C(C)CC(=O)N2CCC(N3CCCCCC3)CC2)n1. The standard InChI is InChI=1S/C19H33N5O/c1-15(24-17(3)20-16(2)21-24)14-19(25)23-12-8-18(9-13-23)22-10-6-4-5-7-11-22/h15,18H,4-14H2,1-3H3. The Morgan fingerprint density at radius 1 is 1.08 bits per heavy atom. The molecular formula is C19H33N5O. The predicted molar refractivity (Wildman–Crippen MR) is 98.5 cm³/mol. The van der Waals surface area contributed by atoms with Crippen molar-refractivity contribution < 1.29 is 4.79 Å². The van der Waals surface area contributed by atoms with Gasteiger partial charge in [0.2, 0.25) is 5.91 Å². The fraction of sp³-hybridized carbons (Fsp3) is 0.842. The number of hydrogen-bond donors (Lipinski definition) is 0. The van der Waals surface area contributed by atoms with Crippen molar-refractivity contribution >= 4 is 5.91 Å². The van der Waals surface area contributed by atoms with Crippen LogP contribution < -0.4 is 0 Å². The van der Waals surface area contributed by atoms with Crippen LogP contribution in [0.2, 0.25) is 0 Å². The number of piperidine rings is 1. The van der Waals surface area contributed by atoms with E-state index >= 15 is 0 Å². The summed E-state index contributed by atoms with van der Waals surface area (Å²) in [5.41, 5.74) is 0. The minimum atomic E-state index is 0.0667. The minimum Gasteiger partial charge on any atom is -0.343 e. The molecule has 1 atom stereocenters. The fourth-order valence-corrected chi connectivity index (χ4v) is 4.36. The maximum atomic E-state index is 12.7. The molecule has 3 rings (SSSR count). The zero-order chi connectivity index (χ0) is 17.8. The van der Waals surface area contributed by atoms with Crippen molar-refractivity contribution in [2.24, 2.45) is 0 Å². The van der Waals surface area contributed by atoms with Crippen LogP contribution in [0.25, 0.3) is 0 Å². The van der Waals surface area contributed by atoms with Crippen molar-refractivity contribution in [1.82, 2.24) is 24.6 Å². The average Bonchev–Trinajstić information content (AvgIpc) is 2.80. The number of hydrogen-bond acceptors (Lipinski definition) is 4. The summed E-state index contributed by atoms with van der Waals surface area (Å²) >= 11 is 0. The van der Waals surface area contributed by atoms with E-state index in [1.54, 1.807) is 0 Å². The average molecular weight is 348 g/mol. The molecule has 0 spiro atoms. The largest absolute Gasteiger partial charge is 0.343 e. The van der Waals surface area contributed by atoms with E-state index in [2.05, 4.69) is 26.8 Å². The Hall–Kier alpha value is -1.43. The second-order valence-corrected chi connectivity index (χ2v) is 7.77. The van der Waals surface area contributed by atoms with Crippen LogP contribution in [0.15, 0.2) is 0 Å². The monoisotopic (exact) mass is 347 g/mol. The molecule has 0 bridgehead atoms. The smallest absolute Gasteiger partial charge is 0.224 e. The van der Waals surface area contributed by atoms with Gasteiger partial charge in [-0.05, 0) is 59.5 Å². The first kappa shape index (κ1) is 18.4. The summed E-state index contributed by atoms with van der Waals surface area (Å²) in [5, 5.41) is 4.42. The van der Waals surface area contributed by atoms with Crippen LogP contribution in [-0.4, -0.2) is 62.7 Å². The summed E-state index contributed by atoms with van der Waals surface area (Å²) in [6.45, 7) is 10.2. The van der Waals surface area contributed by atoms with Gasteiger partial charge in [-0.2, -0.15) is 5.10 Å². The first-order valence-electron chi connectivity index (χ1n) is 9.96. The minimum absolute atomic E-state index is 0.0667. The van der Waals surface area contributed by atoms with Gasteiger partial charge in [0.25, 0.3) is 0 Å². The molecule has 3 heterocycles. The lowest BCUT2D eigenvalue weighted by Crippen LogP contribution is -2.47. The van der Waals surface area contributed by atoms with Crippen molar-refractivity contribution in [3.05, 3.63) is 11.6 Å². The van der Waals surface area contributed by atoms with Gasteiger partial charge in [-0.15, -0.1) is 0 Å². The summed E-state index contributed by atoms with van der Waals surface area (Å²) in [7, 11) is 0. The molecule has 6 heteroatoms. The third-order valence-electron chi connectivity index (χ3n) is 5.77. The fourth-order valence-electron chi connectivity index (χ4n) is 4.36. The van der Waals surface area contributed by atoms with Crippen LogP contribution in [0, 0.1) is 13.8 Å². The van der Waals surface area contributed by atoms with Gasteiger partial charge in [0.15, 0.2) is 0 Å². The molecule has 6 nitrogen and oxygen atoms in total. The van der Waals surface area contributed by atoms with Gasteiger partial charge in [-0.1, -0.05) is 12.8 Å². The number of rotatable bonds is 4. The first-order valence-corrected chi connectivity index (χ1v) is 9.96. The van der Waals surface area contributed by atoms with E-state index < -0.39 is 0 Å². The van der Waals surface area contributed by atoms with Crippen molar-refractivity contribution in [2.75, 3.05) is 26.2 Å². The van der Waals surface area contributed by atoms with E-state index in [0.29, 0.717) is 12.5 Å². The molecule has 0 aliphatic carbocycles. The molecule has 0 aromatic carbocycles. The maximum Gasteiger partial charge on any atom is 0.224 e. The zero-order valence-corrected chi connectivity index (χ0v) is 16.1. The lowest BCUT2D eigenvalue weighted by Gasteiger charge is -2.38. The normalized spacial score (nSPS) is 22.0. The molecular weight excluding hydrogens is 314 g/mol. The van der Waals surface area contributed by atoms with Gasteiger partial charge in [-0.3, -0.25) is 4.79 Å². The van der Waals surface area contributed by atoms with Crippen LogP contribution in [0.5, 0.6) is 0 Å². The first-order chi connectivity index (χ1) is 12.0. The second kappa shape index (κ2) is 8.30. The van der Waals surface area contributed by atoms with Gasteiger partial charge >= 0.3 is 0 Å².